The molecule has 0 aromatic carbocycles. The predicted molar refractivity (Wildman–Crippen MR) is 135 cm³/mol. The fraction of sp³-hybridized carbons (Fsp3) is 0.750. The van der Waals surface area contributed by atoms with E-state index in [0.717, 1.165) is 0 Å². The van der Waals surface area contributed by atoms with Crippen LogP contribution in [0.25, 0.3) is 0 Å². The number of hydrogen-bond donors (Lipinski definition) is 5. The molecule has 200 valence electrons. The standard InChI is InChI=1S/C24H42N4O6S/c1-14(2)9-17(19(29)11-16(20(30)25-8)24(6,7)33)27-21(31)18(10-15-12-35-13-26-15)28-22(32)34-23(3,4)5/h12-14,16-19,29,33H,9-11H2,1-8H3,(H,25,30)(H,27,31)(H,28,32)/t16-,17+,18+,19+/m1/s1. The number of carbonyl (C=O) groups excluding carboxylic acids is 3. The maximum atomic E-state index is 13.3. The normalized spacial score (nSPS) is 15.6. The summed E-state index contributed by atoms with van der Waals surface area (Å²) in [6.07, 6.45) is -1.34. The molecule has 0 bridgehead atoms. The molecule has 0 aliphatic carbocycles. The van der Waals surface area contributed by atoms with E-state index in [0.29, 0.717) is 12.1 Å². The molecule has 1 heterocycles. The minimum atomic E-state index is -1.38. The van der Waals surface area contributed by atoms with Crippen molar-refractivity contribution < 1.29 is 29.3 Å². The Morgan fingerprint density at radius 2 is 1.71 bits per heavy atom. The van der Waals surface area contributed by atoms with Gasteiger partial charge in [-0.2, -0.15) is 0 Å². The number of nitrogens with zero attached hydrogens (tertiary/aromatic N) is 1. The predicted octanol–water partition coefficient (Wildman–Crippen LogP) is 1.99. The van der Waals surface area contributed by atoms with Gasteiger partial charge in [0.2, 0.25) is 11.8 Å². The van der Waals surface area contributed by atoms with Crippen LogP contribution in [0.1, 0.15) is 67.0 Å². The molecule has 0 spiro atoms. The molecule has 0 saturated carbocycles. The number of rotatable bonds is 12. The molecule has 0 radical (unpaired) electrons. The average molecular weight is 515 g/mol. The lowest BCUT2D eigenvalue weighted by molar-refractivity contribution is -0.134. The maximum Gasteiger partial charge on any atom is 0.408 e. The second-order valence-electron chi connectivity index (χ2n) is 10.8. The van der Waals surface area contributed by atoms with Crippen LogP contribution in [-0.2, 0) is 20.7 Å². The summed E-state index contributed by atoms with van der Waals surface area (Å²) >= 11 is 1.37. The largest absolute Gasteiger partial charge is 0.444 e. The van der Waals surface area contributed by atoms with Gasteiger partial charge in [0.15, 0.2) is 0 Å². The topological polar surface area (TPSA) is 150 Å². The van der Waals surface area contributed by atoms with Crippen LogP contribution in [0.4, 0.5) is 4.79 Å². The van der Waals surface area contributed by atoms with Gasteiger partial charge in [0, 0.05) is 18.8 Å². The zero-order valence-electron chi connectivity index (χ0n) is 22.0. The van der Waals surface area contributed by atoms with E-state index in [-0.39, 0.29) is 18.8 Å². The molecule has 35 heavy (non-hydrogen) atoms. The Labute approximate surface area is 212 Å². The second-order valence-corrected chi connectivity index (χ2v) is 11.5. The summed E-state index contributed by atoms with van der Waals surface area (Å²) in [6, 6.07) is -1.70. The van der Waals surface area contributed by atoms with E-state index in [2.05, 4.69) is 20.9 Å². The molecule has 3 amide bonds. The molecule has 4 atom stereocenters. The number of aliphatic hydroxyl groups excluding tert-OH is 1. The lowest BCUT2D eigenvalue weighted by Gasteiger charge is -2.33. The minimum absolute atomic E-state index is 0.0584. The Morgan fingerprint density at radius 1 is 1.09 bits per heavy atom. The molecular weight excluding hydrogens is 472 g/mol. The quantitative estimate of drug-likeness (QED) is 0.286. The van der Waals surface area contributed by atoms with Crippen LogP contribution in [0.15, 0.2) is 10.9 Å². The van der Waals surface area contributed by atoms with Gasteiger partial charge in [-0.25, -0.2) is 9.78 Å². The molecule has 1 rings (SSSR count). The Bertz CT molecular complexity index is 817. The van der Waals surface area contributed by atoms with Crippen LogP contribution in [-0.4, -0.2) is 69.5 Å². The molecular formula is C24H42N4O6S. The van der Waals surface area contributed by atoms with Crippen molar-refractivity contribution >= 4 is 29.2 Å². The van der Waals surface area contributed by atoms with Crippen molar-refractivity contribution in [1.82, 2.24) is 20.9 Å². The van der Waals surface area contributed by atoms with E-state index in [1.807, 2.05) is 13.8 Å². The average Bonchev–Trinajstić information content (AvgIpc) is 3.20. The summed E-state index contributed by atoms with van der Waals surface area (Å²) in [5.41, 5.74) is 0.153. The van der Waals surface area contributed by atoms with Crippen LogP contribution < -0.4 is 16.0 Å². The van der Waals surface area contributed by atoms with Gasteiger partial charge in [0.25, 0.3) is 0 Å². The zero-order chi connectivity index (χ0) is 27.0. The highest BCUT2D eigenvalue weighted by atomic mass is 32.1. The highest BCUT2D eigenvalue weighted by molar-refractivity contribution is 7.07. The van der Waals surface area contributed by atoms with Gasteiger partial charge < -0.3 is 30.9 Å². The summed E-state index contributed by atoms with van der Waals surface area (Å²) < 4.78 is 5.31. The van der Waals surface area contributed by atoms with Crippen molar-refractivity contribution in [1.29, 1.82) is 0 Å². The van der Waals surface area contributed by atoms with E-state index in [1.165, 1.54) is 32.2 Å². The van der Waals surface area contributed by atoms with Gasteiger partial charge in [0.1, 0.15) is 11.6 Å². The summed E-state index contributed by atoms with van der Waals surface area (Å²) in [5, 5.41) is 31.3. The third-order valence-corrected chi connectivity index (χ3v) is 5.95. The first-order valence-electron chi connectivity index (χ1n) is 11.8. The minimum Gasteiger partial charge on any atom is -0.444 e. The van der Waals surface area contributed by atoms with Crippen molar-refractivity contribution in [2.75, 3.05) is 7.05 Å². The lowest BCUT2D eigenvalue weighted by Crippen LogP contribution is -2.55. The Kier molecular flexibility index (Phi) is 11.6. The maximum absolute atomic E-state index is 13.3. The second kappa shape index (κ2) is 13.2. The Morgan fingerprint density at radius 3 is 2.17 bits per heavy atom. The van der Waals surface area contributed by atoms with E-state index >= 15 is 0 Å². The van der Waals surface area contributed by atoms with Crippen molar-refractivity contribution in [3.63, 3.8) is 0 Å². The van der Waals surface area contributed by atoms with Gasteiger partial charge >= 0.3 is 6.09 Å². The van der Waals surface area contributed by atoms with E-state index in [4.69, 9.17) is 4.74 Å². The lowest BCUT2D eigenvalue weighted by atomic mass is 9.82. The first kappa shape index (κ1) is 30.8. The Hall–Kier alpha value is -2.24. The molecule has 0 fully saturated rings. The number of aliphatic hydroxyl groups is 2. The van der Waals surface area contributed by atoms with Crippen molar-refractivity contribution in [3.05, 3.63) is 16.6 Å². The fourth-order valence-corrected chi connectivity index (χ4v) is 4.18. The summed E-state index contributed by atoms with van der Waals surface area (Å²) in [4.78, 5) is 42.3. The van der Waals surface area contributed by atoms with Crippen LogP contribution in [0.5, 0.6) is 0 Å². The van der Waals surface area contributed by atoms with E-state index in [1.54, 1.807) is 31.7 Å². The number of nitrogens with one attached hydrogen (secondary N) is 3. The van der Waals surface area contributed by atoms with Crippen molar-refractivity contribution in [2.24, 2.45) is 11.8 Å². The van der Waals surface area contributed by atoms with Crippen LogP contribution in [0.2, 0.25) is 0 Å². The van der Waals surface area contributed by atoms with Gasteiger partial charge in [0.05, 0.1) is 34.9 Å². The summed E-state index contributed by atoms with van der Waals surface area (Å²) in [6.45, 7) is 12.1. The number of ether oxygens (including phenoxy) is 1. The van der Waals surface area contributed by atoms with Gasteiger partial charge in [-0.1, -0.05) is 13.8 Å². The van der Waals surface area contributed by atoms with Crippen LogP contribution in [0.3, 0.4) is 0 Å². The van der Waals surface area contributed by atoms with Gasteiger partial charge in [-0.05, 0) is 53.4 Å². The molecule has 1 aromatic rings. The Balaban J connectivity index is 3.09. The molecule has 0 saturated heterocycles. The first-order valence-corrected chi connectivity index (χ1v) is 12.8. The summed E-state index contributed by atoms with van der Waals surface area (Å²) in [7, 11) is 1.46. The monoisotopic (exact) mass is 514 g/mol. The molecule has 0 aliphatic rings. The molecule has 0 aliphatic heterocycles. The molecule has 1 aromatic heterocycles. The fourth-order valence-electron chi connectivity index (χ4n) is 3.61. The van der Waals surface area contributed by atoms with Crippen LogP contribution >= 0.6 is 11.3 Å². The molecule has 0 unspecified atom stereocenters. The SMILES string of the molecule is CNC(=O)[C@@H](C[C@H](O)[C@H](CC(C)C)NC(=O)[C@H](Cc1cscn1)NC(=O)OC(C)(C)C)C(C)(C)O. The van der Waals surface area contributed by atoms with E-state index in [9.17, 15) is 24.6 Å². The molecule has 5 N–H and O–H groups in total. The third kappa shape index (κ3) is 11.4. The van der Waals surface area contributed by atoms with Crippen LogP contribution in [0, 0.1) is 11.8 Å². The first-order chi connectivity index (χ1) is 16.0. The highest BCUT2D eigenvalue weighted by Gasteiger charge is 2.37. The van der Waals surface area contributed by atoms with E-state index < -0.39 is 53.2 Å². The number of carbonyl (C=O) groups is 3. The molecule has 10 nitrogen and oxygen atoms in total. The highest BCUT2D eigenvalue weighted by Crippen LogP contribution is 2.25. The molecule has 11 heteroatoms. The van der Waals surface area contributed by atoms with Crippen molar-refractivity contribution in [3.8, 4) is 0 Å². The smallest absolute Gasteiger partial charge is 0.408 e. The van der Waals surface area contributed by atoms with Crippen molar-refractivity contribution in [2.45, 2.75) is 97.1 Å². The zero-order valence-corrected chi connectivity index (χ0v) is 22.9. The number of hydrogen-bond acceptors (Lipinski definition) is 8. The summed E-state index contributed by atoms with van der Waals surface area (Å²) in [5.74, 6) is -1.68. The third-order valence-electron chi connectivity index (χ3n) is 5.31. The number of alkyl carbamates (subject to hydrolysis) is 1. The van der Waals surface area contributed by atoms with Gasteiger partial charge in [-0.15, -0.1) is 11.3 Å². The number of amides is 3. The van der Waals surface area contributed by atoms with Gasteiger partial charge in [-0.3, -0.25) is 9.59 Å². The number of thiazole rings is 1. The number of aromatic nitrogens is 1.